The largest absolute Gasteiger partial charge is 0.351 e. The van der Waals surface area contributed by atoms with Crippen molar-refractivity contribution in [2.24, 2.45) is 0 Å². The predicted molar refractivity (Wildman–Crippen MR) is 74.6 cm³/mol. The molecule has 0 heterocycles. The summed E-state index contributed by atoms with van der Waals surface area (Å²) in [5, 5.41) is 6.67. The highest BCUT2D eigenvalue weighted by molar-refractivity contribution is 9.10. The second-order valence-corrected chi connectivity index (χ2v) is 4.92. The van der Waals surface area contributed by atoms with E-state index < -0.39 is 0 Å². The Morgan fingerprint density at radius 3 is 2.76 bits per heavy atom. The maximum absolute atomic E-state index is 11.8. The Balaban J connectivity index is 2.42. The summed E-state index contributed by atoms with van der Waals surface area (Å²) in [4.78, 5) is 11.8. The Hall–Kier alpha value is -0.580. The monoisotopic (exact) mass is 318 g/mol. The number of rotatable bonds is 6. The van der Waals surface area contributed by atoms with Crippen molar-refractivity contribution in [3.63, 3.8) is 0 Å². The number of halogens is 2. The quantitative estimate of drug-likeness (QED) is 0.792. The molecule has 0 bridgehead atoms. The second kappa shape index (κ2) is 7.69. The fraction of sp³-hybridized carbons (Fsp3) is 0.417. The number of hydrogen-bond acceptors (Lipinski definition) is 2. The summed E-state index contributed by atoms with van der Waals surface area (Å²) >= 11 is 9.13. The summed E-state index contributed by atoms with van der Waals surface area (Å²) in [5.41, 5.74) is 0.602. The Morgan fingerprint density at radius 1 is 1.35 bits per heavy atom. The fourth-order valence-corrected chi connectivity index (χ4v) is 2.20. The van der Waals surface area contributed by atoms with Crippen molar-refractivity contribution in [3.05, 3.63) is 33.3 Å². The van der Waals surface area contributed by atoms with Gasteiger partial charge in [-0.05, 0) is 47.1 Å². The number of amides is 1. The Morgan fingerprint density at radius 2 is 2.12 bits per heavy atom. The van der Waals surface area contributed by atoms with Crippen LogP contribution in [-0.2, 0) is 0 Å². The molecule has 0 fully saturated rings. The first-order valence-electron chi connectivity index (χ1n) is 5.59. The highest BCUT2D eigenvalue weighted by Gasteiger charge is 2.09. The van der Waals surface area contributed by atoms with Gasteiger partial charge in [0.25, 0.3) is 5.91 Å². The van der Waals surface area contributed by atoms with Crippen LogP contribution in [0.5, 0.6) is 0 Å². The molecule has 0 saturated heterocycles. The third-order valence-electron chi connectivity index (χ3n) is 2.19. The van der Waals surface area contributed by atoms with Crippen molar-refractivity contribution in [3.8, 4) is 0 Å². The van der Waals surface area contributed by atoms with E-state index in [4.69, 9.17) is 11.6 Å². The zero-order valence-corrected chi connectivity index (χ0v) is 12.1. The first kappa shape index (κ1) is 14.5. The number of nitrogens with one attached hydrogen (secondary N) is 2. The third-order valence-corrected chi connectivity index (χ3v) is 3.08. The molecule has 1 rings (SSSR count). The molecule has 1 aromatic carbocycles. The highest BCUT2D eigenvalue weighted by Crippen LogP contribution is 2.21. The fourth-order valence-electron chi connectivity index (χ4n) is 1.34. The summed E-state index contributed by atoms with van der Waals surface area (Å²) in [6.45, 7) is 4.48. The third kappa shape index (κ3) is 5.06. The van der Waals surface area contributed by atoms with Gasteiger partial charge in [-0.3, -0.25) is 4.79 Å². The molecule has 1 aromatic rings. The lowest BCUT2D eigenvalue weighted by molar-refractivity contribution is 0.0953. The van der Waals surface area contributed by atoms with E-state index >= 15 is 0 Å². The van der Waals surface area contributed by atoms with Gasteiger partial charge in [0.1, 0.15) is 0 Å². The van der Waals surface area contributed by atoms with Crippen molar-refractivity contribution >= 4 is 33.4 Å². The Kier molecular flexibility index (Phi) is 6.55. The maximum Gasteiger partial charge on any atom is 0.252 e. The van der Waals surface area contributed by atoms with E-state index in [2.05, 4.69) is 33.5 Å². The summed E-state index contributed by atoms with van der Waals surface area (Å²) in [6.07, 6.45) is 1.09. The van der Waals surface area contributed by atoms with Crippen LogP contribution < -0.4 is 10.6 Å². The minimum atomic E-state index is -0.0909. The number of benzene rings is 1. The van der Waals surface area contributed by atoms with Crippen LogP contribution in [-0.4, -0.2) is 25.5 Å². The van der Waals surface area contributed by atoms with Crippen LogP contribution >= 0.6 is 27.5 Å². The Bertz CT molecular complexity index is 385. The molecule has 0 saturated carbocycles. The first-order valence-corrected chi connectivity index (χ1v) is 6.76. The lowest BCUT2D eigenvalue weighted by Crippen LogP contribution is -2.32. The van der Waals surface area contributed by atoms with Crippen molar-refractivity contribution in [1.82, 2.24) is 10.6 Å². The van der Waals surface area contributed by atoms with Crippen LogP contribution in [0.2, 0.25) is 5.02 Å². The van der Waals surface area contributed by atoms with Gasteiger partial charge < -0.3 is 10.6 Å². The lowest BCUT2D eigenvalue weighted by Gasteiger charge is -2.07. The predicted octanol–water partition coefficient (Wildman–Crippen LogP) is 2.83. The van der Waals surface area contributed by atoms with Crippen molar-refractivity contribution in [1.29, 1.82) is 0 Å². The van der Waals surface area contributed by atoms with Crippen LogP contribution in [0, 0.1) is 0 Å². The molecule has 0 unspecified atom stereocenters. The van der Waals surface area contributed by atoms with Crippen LogP contribution in [0.15, 0.2) is 22.7 Å². The number of carbonyl (C=O) groups is 1. The number of hydrogen-bond donors (Lipinski definition) is 2. The molecule has 3 nitrogen and oxygen atoms in total. The van der Waals surface area contributed by atoms with Crippen molar-refractivity contribution in [2.75, 3.05) is 19.6 Å². The minimum Gasteiger partial charge on any atom is -0.351 e. The van der Waals surface area contributed by atoms with Gasteiger partial charge in [0.2, 0.25) is 0 Å². The van der Waals surface area contributed by atoms with Gasteiger partial charge in [0.15, 0.2) is 0 Å². The average Bonchev–Trinajstić information content (AvgIpc) is 2.28. The molecule has 0 radical (unpaired) electrons. The topological polar surface area (TPSA) is 41.1 Å². The maximum atomic E-state index is 11.8. The smallest absolute Gasteiger partial charge is 0.252 e. The second-order valence-electron chi connectivity index (χ2n) is 3.63. The molecule has 0 aliphatic carbocycles. The molecular formula is C12H16BrClN2O. The zero-order chi connectivity index (χ0) is 12.7. The highest BCUT2D eigenvalue weighted by atomic mass is 79.9. The normalized spacial score (nSPS) is 10.3. The van der Waals surface area contributed by atoms with E-state index in [9.17, 15) is 4.79 Å². The molecule has 0 aliphatic rings. The van der Waals surface area contributed by atoms with E-state index in [1.54, 1.807) is 18.2 Å². The van der Waals surface area contributed by atoms with Gasteiger partial charge >= 0.3 is 0 Å². The summed E-state index contributed by atoms with van der Waals surface area (Å²) < 4.78 is 0.712. The molecule has 2 N–H and O–H groups in total. The van der Waals surface area contributed by atoms with Crippen molar-refractivity contribution in [2.45, 2.75) is 13.3 Å². The first-order chi connectivity index (χ1) is 8.15. The molecular weight excluding hydrogens is 304 g/mol. The SMILES string of the molecule is CCCNCCNC(=O)c1ccc(Cl)cc1Br. The van der Waals surface area contributed by atoms with Crippen LogP contribution in [0.3, 0.4) is 0 Å². The van der Waals surface area contributed by atoms with Crippen LogP contribution in [0.4, 0.5) is 0 Å². The molecule has 0 aromatic heterocycles. The van der Waals surface area contributed by atoms with Crippen LogP contribution in [0.25, 0.3) is 0 Å². The molecule has 17 heavy (non-hydrogen) atoms. The summed E-state index contributed by atoms with van der Waals surface area (Å²) in [6, 6.07) is 5.13. The minimum absolute atomic E-state index is 0.0909. The molecule has 0 aliphatic heterocycles. The lowest BCUT2D eigenvalue weighted by atomic mass is 10.2. The zero-order valence-electron chi connectivity index (χ0n) is 9.72. The van der Waals surface area contributed by atoms with E-state index in [-0.39, 0.29) is 5.91 Å². The van der Waals surface area contributed by atoms with Gasteiger partial charge in [-0.25, -0.2) is 0 Å². The van der Waals surface area contributed by atoms with Gasteiger partial charge in [0.05, 0.1) is 5.56 Å². The van der Waals surface area contributed by atoms with Gasteiger partial charge in [-0.1, -0.05) is 18.5 Å². The van der Waals surface area contributed by atoms with E-state index in [0.717, 1.165) is 19.5 Å². The van der Waals surface area contributed by atoms with Gasteiger partial charge in [0, 0.05) is 22.6 Å². The summed E-state index contributed by atoms with van der Waals surface area (Å²) in [5.74, 6) is -0.0909. The number of carbonyl (C=O) groups excluding carboxylic acids is 1. The standard InChI is InChI=1S/C12H16BrClN2O/c1-2-5-15-6-7-16-12(17)10-4-3-9(14)8-11(10)13/h3-4,8,15H,2,5-7H2,1H3,(H,16,17). The molecule has 1 amide bonds. The van der Waals surface area contributed by atoms with E-state index in [0.29, 0.717) is 21.6 Å². The molecule has 5 heteroatoms. The molecule has 94 valence electrons. The van der Waals surface area contributed by atoms with Crippen molar-refractivity contribution < 1.29 is 4.79 Å². The average molecular weight is 320 g/mol. The van der Waals surface area contributed by atoms with Gasteiger partial charge in [-0.2, -0.15) is 0 Å². The molecule has 0 atom stereocenters. The van der Waals surface area contributed by atoms with Gasteiger partial charge in [-0.15, -0.1) is 0 Å². The van der Waals surface area contributed by atoms with Crippen LogP contribution in [0.1, 0.15) is 23.7 Å². The van der Waals surface area contributed by atoms with E-state index in [1.807, 2.05) is 0 Å². The Labute approximate surface area is 115 Å². The molecule has 0 spiro atoms. The summed E-state index contributed by atoms with van der Waals surface area (Å²) in [7, 11) is 0. The van der Waals surface area contributed by atoms with E-state index in [1.165, 1.54) is 0 Å².